The van der Waals surface area contributed by atoms with E-state index < -0.39 is 0 Å². The van der Waals surface area contributed by atoms with Gasteiger partial charge in [-0.05, 0) is 50.3 Å². The van der Waals surface area contributed by atoms with Crippen LogP contribution in [-0.2, 0) is 0 Å². The van der Waals surface area contributed by atoms with Crippen LogP contribution in [0, 0.1) is 12.8 Å². The largest absolute Gasteiger partial charge is 0.359 e. The number of nitrogens with one attached hydrogen (secondary N) is 1. The van der Waals surface area contributed by atoms with Crippen molar-refractivity contribution in [1.82, 2.24) is 4.98 Å². The van der Waals surface area contributed by atoms with Crippen LogP contribution in [0.1, 0.15) is 31.7 Å². The summed E-state index contributed by atoms with van der Waals surface area (Å²) in [5.41, 5.74) is 2.42. The molecule has 1 aromatic heterocycles. The molecule has 1 aromatic carbocycles. The highest BCUT2D eigenvalue weighted by atomic mass is 32.1. The van der Waals surface area contributed by atoms with Crippen LogP contribution in [0.3, 0.4) is 0 Å². The summed E-state index contributed by atoms with van der Waals surface area (Å²) in [5, 5.41) is 4.63. The number of benzene rings is 1. The second-order valence-corrected chi connectivity index (χ2v) is 6.14. The van der Waals surface area contributed by atoms with Gasteiger partial charge in [-0.3, -0.25) is 0 Å². The third-order valence-corrected chi connectivity index (χ3v) is 4.70. The summed E-state index contributed by atoms with van der Waals surface area (Å²) in [6.45, 7) is 4.41. The third-order valence-electron chi connectivity index (χ3n) is 3.75. The molecule has 1 unspecified atom stereocenters. The normalized spacial score (nSPS) is 18.0. The highest BCUT2D eigenvalue weighted by Gasteiger charge is 2.24. The topological polar surface area (TPSA) is 24.9 Å². The minimum atomic E-state index is 0.561. The number of thiazole rings is 1. The smallest absolute Gasteiger partial charge is 0.184 e. The quantitative estimate of drug-likeness (QED) is 0.877. The second-order valence-electron chi connectivity index (χ2n) is 5.11. The molecule has 1 aliphatic carbocycles. The average molecular weight is 246 g/mol. The van der Waals surface area contributed by atoms with Gasteiger partial charge in [-0.2, -0.15) is 0 Å². The predicted octanol–water partition coefficient (Wildman–Crippen LogP) is 4.21. The zero-order valence-electron chi connectivity index (χ0n) is 10.4. The number of anilines is 1. The zero-order valence-corrected chi connectivity index (χ0v) is 11.2. The van der Waals surface area contributed by atoms with Crippen LogP contribution in [0.2, 0.25) is 0 Å². The van der Waals surface area contributed by atoms with Crippen molar-refractivity contribution in [1.29, 1.82) is 0 Å². The van der Waals surface area contributed by atoms with E-state index in [9.17, 15) is 0 Å². The van der Waals surface area contributed by atoms with E-state index in [2.05, 4.69) is 42.3 Å². The molecule has 17 heavy (non-hydrogen) atoms. The first-order valence-corrected chi connectivity index (χ1v) is 7.18. The summed E-state index contributed by atoms with van der Waals surface area (Å²) in [4.78, 5) is 4.64. The Balaban J connectivity index is 1.80. The van der Waals surface area contributed by atoms with E-state index >= 15 is 0 Å². The highest BCUT2D eigenvalue weighted by Crippen LogP contribution is 2.33. The van der Waals surface area contributed by atoms with Gasteiger partial charge in [0.15, 0.2) is 5.13 Å². The molecular formula is C14H18N2S. The second kappa shape index (κ2) is 4.30. The highest BCUT2D eigenvalue weighted by molar-refractivity contribution is 7.22. The van der Waals surface area contributed by atoms with Crippen LogP contribution in [0.15, 0.2) is 18.2 Å². The lowest BCUT2D eigenvalue weighted by Crippen LogP contribution is -2.30. The Labute approximate surface area is 106 Å². The van der Waals surface area contributed by atoms with Crippen LogP contribution in [0.4, 0.5) is 5.13 Å². The Kier molecular flexibility index (Phi) is 2.79. The summed E-state index contributed by atoms with van der Waals surface area (Å²) in [5.74, 6) is 0.851. The van der Waals surface area contributed by atoms with Crippen molar-refractivity contribution in [3.05, 3.63) is 23.8 Å². The maximum absolute atomic E-state index is 4.64. The van der Waals surface area contributed by atoms with Crippen LogP contribution in [0.5, 0.6) is 0 Å². The van der Waals surface area contributed by atoms with Crippen molar-refractivity contribution in [3.8, 4) is 0 Å². The monoisotopic (exact) mass is 246 g/mol. The SMILES string of the molecule is Cc1ccc2nc(NC(C)C3CCC3)sc2c1. The van der Waals surface area contributed by atoms with Crippen LogP contribution in [-0.4, -0.2) is 11.0 Å². The van der Waals surface area contributed by atoms with Gasteiger partial charge < -0.3 is 5.32 Å². The maximum Gasteiger partial charge on any atom is 0.184 e. The van der Waals surface area contributed by atoms with E-state index in [1.165, 1.54) is 29.5 Å². The van der Waals surface area contributed by atoms with E-state index in [-0.39, 0.29) is 0 Å². The molecule has 2 nitrogen and oxygen atoms in total. The minimum Gasteiger partial charge on any atom is -0.359 e. The molecule has 0 aliphatic heterocycles. The third kappa shape index (κ3) is 2.16. The predicted molar refractivity (Wildman–Crippen MR) is 74.8 cm³/mol. The van der Waals surface area contributed by atoms with Gasteiger partial charge >= 0.3 is 0 Å². The number of hydrogen-bond donors (Lipinski definition) is 1. The number of fused-ring (bicyclic) bond motifs is 1. The van der Waals surface area contributed by atoms with E-state index in [0.29, 0.717) is 6.04 Å². The van der Waals surface area contributed by atoms with Crippen LogP contribution in [0.25, 0.3) is 10.2 Å². The molecule has 90 valence electrons. The molecule has 0 amide bonds. The lowest BCUT2D eigenvalue weighted by molar-refractivity contribution is 0.285. The van der Waals surface area contributed by atoms with Crippen molar-refractivity contribution in [2.45, 2.75) is 39.2 Å². The molecule has 0 spiro atoms. The van der Waals surface area contributed by atoms with Crippen LogP contribution >= 0.6 is 11.3 Å². The van der Waals surface area contributed by atoms with Crippen molar-refractivity contribution >= 4 is 26.7 Å². The Morgan fingerprint density at radius 1 is 1.41 bits per heavy atom. The molecule has 1 atom stereocenters. The summed E-state index contributed by atoms with van der Waals surface area (Å²) in [7, 11) is 0. The first kappa shape index (κ1) is 11.0. The molecule has 1 fully saturated rings. The molecule has 2 aromatic rings. The van der Waals surface area contributed by atoms with Crippen molar-refractivity contribution in [2.24, 2.45) is 5.92 Å². The fourth-order valence-corrected chi connectivity index (χ4v) is 3.41. The summed E-state index contributed by atoms with van der Waals surface area (Å²) in [6.07, 6.45) is 4.14. The number of nitrogens with zero attached hydrogens (tertiary/aromatic N) is 1. The number of aryl methyl sites for hydroxylation is 1. The molecule has 1 aliphatic rings. The molecule has 3 rings (SSSR count). The Hall–Kier alpha value is -1.09. The van der Waals surface area contributed by atoms with Gasteiger partial charge in [0, 0.05) is 6.04 Å². The minimum absolute atomic E-state index is 0.561. The van der Waals surface area contributed by atoms with E-state index in [1.54, 1.807) is 11.3 Å². The van der Waals surface area contributed by atoms with Gasteiger partial charge in [-0.15, -0.1) is 0 Å². The van der Waals surface area contributed by atoms with Crippen molar-refractivity contribution in [3.63, 3.8) is 0 Å². The molecule has 0 radical (unpaired) electrons. The fourth-order valence-electron chi connectivity index (χ4n) is 2.35. The molecule has 1 saturated carbocycles. The molecule has 1 N–H and O–H groups in total. The van der Waals surface area contributed by atoms with Crippen molar-refractivity contribution in [2.75, 3.05) is 5.32 Å². The zero-order chi connectivity index (χ0) is 11.8. The number of aromatic nitrogens is 1. The first-order chi connectivity index (χ1) is 8.22. The lowest BCUT2D eigenvalue weighted by atomic mass is 9.80. The molecule has 0 saturated heterocycles. The summed E-state index contributed by atoms with van der Waals surface area (Å²) < 4.78 is 1.29. The lowest BCUT2D eigenvalue weighted by Gasteiger charge is -2.31. The Morgan fingerprint density at radius 2 is 2.24 bits per heavy atom. The molecule has 1 heterocycles. The maximum atomic E-state index is 4.64. The Morgan fingerprint density at radius 3 is 2.94 bits per heavy atom. The van der Waals surface area contributed by atoms with Gasteiger partial charge in [-0.25, -0.2) is 4.98 Å². The van der Waals surface area contributed by atoms with Gasteiger partial charge in [-0.1, -0.05) is 23.8 Å². The summed E-state index contributed by atoms with van der Waals surface area (Å²) in [6, 6.07) is 7.01. The van der Waals surface area contributed by atoms with Crippen molar-refractivity contribution < 1.29 is 0 Å². The van der Waals surface area contributed by atoms with Gasteiger partial charge in [0.1, 0.15) is 0 Å². The first-order valence-electron chi connectivity index (χ1n) is 6.36. The van der Waals surface area contributed by atoms with E-state index in [1.807, 2.05) is 0 Å². The standard InChI is InChI=1S/C14H18N2S/c1-9-6-7-12-13(8-9)17-14(16-12)15-10(2)11-4-3-5-11/h6-8,10-11H,3-5H2,1-2H3,(H,15,16). The van der Waals surface area contributed by atoms with Gasteiger partial charge in [0.2, 0.25) is 0 Å². The van der Waals surface area contributed by atoms with E-state index in [0.717, 1.165) is 16.6 Å². The van der Waals surface area contributed by atoms with Gasteiger partial charge in [0.05, 0.1) is 10.2 Å². The number of hydrogen-bond acceptors (Lipinski definition) is 3. The summed E-state index contributed by atoms with van der Waals surface area (Å²) >= 11 is 1.77. The fraction of sp³-hybridized carbons (Fsp3) is 0.500. The van der Waals surface area contributed by atoms with E-state index in [4.69, 9.17) is 0 Å². The molecule has 3 heteroatoms. The number of rotatable bonds is 3. The van der Waals surface area contributed by atoms with Crippen LogP contribution < -0.4 is 5.32 Å². The van der Waals surface area contributed by atoms with Gasteiger partial charge in [0.25, 0.3) is 0 Å². The molecule has 0 bridgehead atoms. The Bertz CT molecular complexity index is 528. The molecular weight excluding hydrogens is 228 g/mol. The average Bonchev–Trinajstić information content (AvgIpc) is 2.55.